The Morgan fingerprint density at radius 2 is 1.95 bits per heavy atom. The Bertz CT molecular complexity index is 754. The first-order valence-corrected chi connectivity index (χ1v) is 7.82. The number of halogens is 2. The number of hydrogen-bond acceptors (Lipinski definition) is 3. The Labute approximate surface area is 131 Å². The highest BCUT2D eigenvalue weighted by Crippen LogP contribution is 2.28. The predicted octanol–water partition coefficient (Wildman–Crippen LogP) is 5.78. The van der Waals surface area contributed by atoms with Crippen LogP contribution < -0.4 is 5.32 Å². The average molecular weight is 323 g/mol. The fraction of sp³-hybridized carbons (Fsp3) is 0.133. The summed E-state index contributed by atoms with van der Waals surface area (Å²) in [5.41, 5.74) is 5.06. The number of nitrogens with zero attached hydrogens (tertiary/aromatic N) is 1. The lowest BCUT2D eigenvalue weighted by molar-refractivity contribution is 0.885. The maximum atomic E-state index is 6.06. The van der Waals surface area contributed by atoms with Crippen molar-refractivity contribution < 1.29 is 0 Å². The van der Waals surface area contributed by atoms with Crippen molar-refractivity contribution in [1.82, 2.24) is 4.98 Å². The minimum Gasteiger partial charge on any atom is -0.378 e. The molecule has 2 nitrogen and oxygen atoms in total. The Hall–Kier alpha value is -1.29. The van der Waals surface area contributed by atoms with Crippen LogP contribution in [0.5, 0.6) is 0 Å². The third-order valence-electron chi connectivity index (χ3n) is 3.16. The molecule has 0 aliphatic rings. The van der Waals surface area contributed by atoms with E-state index in [4.69, 9.17) is 23.2 Å². The third-order valence-corrected chi connectivity index (χ3v) is 4.69. The fourth-order valence-corrected chi connectivity index (χ4v) is 3.08. The molecule has 1 aromatic heterocycles. The first-order valence-electron chi connectivity index (χ1n) is 6.18. The highest BCUT2D eigenvalue weighted by Gasteiger charge is 2.08. The predicted molar refractivity (Wildman–Crippen MR) is 88.1 cm³/mol. The quantitative estimate of drug-likeness (QED) is 0.661. The van der Waals surface area contributed by atoms with Crippen molar-refractivity contribution in [2.75, 3.05) is 5.32 Å². The van der Waals surface area contributed by atoms with E-state index in [0.717, 1.165) is 16.8 Å². The topological polar surface area (TPSA) is 24.9 Å². The van der Waals surface area contributed by atoms with E-state index < -0.39 is 0 Å². The van der Waals surface area contributed by atoms with Crippen LogP contribution in [0, 0.1) is 0 Å². The second-order valence-electron chi connectivity index (χ2n) is 4.57. The highest BCUT2D eigenvalue weighted by molar-refractivity contribution is 7.16. The number of aromatic nitrogens is 1. The normalized spacial score (nSPS) is 12.6. The van der Waals surface area contributed by atoms with Crippen LogP contribution in [-0.4, -0.2) is 4.98 Å². The maximum Gasteiger partial charge on any atom is 0.0813 e. The monoisotopic (exact) mass is 322 g/mol. The van der Waals surface area contributed by atoms with E-state index in [2.05, 4.69) is 23.3 Å². The molecule has 0 bridgehead atoms. The minimum absolute atomic E-state index is 0.148. The number of hydrogen-bond donors (Lipinski definition) is 1. The lowest BCUT2D eigenvalue weighted by atomic mass is 10.1. The van der Waals surface area contributed by atoms with Crippen LogP contribution >= 0.6 is 34.5 Å². The zero-order valence-corrected chi connectivity index (χ0v) is 13.1. The van der Waals surface area contributed by atoms with Crippen molar-refractivity contribution in [2.45, 2.75) is 13.0 Å². The lowest BCUT2D eigenvalue weighted by Crippen LogP contribution is -2.06. The summed E-state index contributed by atoms with van der Waals surface area (Å²) < 4.78 is 1.18. The van der Waals surface area contributed by atoms with Gasteiger partial charge in [-0.3, -0.25) is 0 Å². The lowest BCUT2D eigenvalue weighted by Gasteiger charge is -2.16. The molecule has 2 aromatic carbocycles. The molecule has 5 heteroatoms. The molecule has 0 aliphatic carbocycles. The Balaban J connectivity index is 1.83. The molecule has 0 radical (unpaired) electrons. The Morgan fingerprint density at radius 3 is 2.75 bits per heavy atom. The summed E-state index contributed by atoms with van der Waals surface area (Å²) in [4.78, 5) is 4.28. The summed E-state index contributed by atoms with van der Waals surface area (Å²) in [5, 5.41) is 4.62. The molecule has 102 valence electrons. The van der Waals surface area contributed by atoms with Gasteiger partial charge in [0.15, 0.2) is 0 Å². The van der Waals surface area contributed by atoms with Gasteiger partial charge in [0.25, 0.3) is 0 Å². The van der Waals surface area contributed by atoms with E-state index in [1.807, 2.05) is 35.8 Å². The van der Waals surface area contributed by atoms with Crippen LogP contribution in [0.2, 0.25) is 10.0 Å². The van der Waals surface area contributed by atoms with E-state index in [-0.39, 0.29) is 6.04 Å². The number of thiazole rings is 1. The van der Waals surface area contributed by atoms with Crippen LogP contribution in [0.25, 0.3) is 10.2 Å². The molecule has 0 spiro atoms. The molecule has 3 aromatic rings. The van der Waals surface area contributed by atoms with Crippen molar-refractivity contribution >= 4 is 50.4 Å². The molecule has 1 N–H and O–H groups in total. The standard InChI is InChI=1S/C15H12Cl2N2S/c1-9(10-2-4-12(16)13(17)6-10)19-11-3-5-14-15(7-11)20-8-18-14/h2-9,19H,1H3. The van der Waals surface area contributed by atoms with Gasteiger partial charge in [-0.15, -0.1) is 11.3 Å². The smallest absolute Gasteiger partial charge is 0.0813 e. The summed E-state index contributed by atoms with van der Waals surface area (Å²) in [7, 11) is 0. The van der Waals surface area contributed by atoms with Crippen molar-refractivity contribution in [2.24, 2.45) is 0 Å². The molecule has 20 heavy (non-hydrogen) atoms. The van der Waals surface area contributed by atoms with Crippen LogP contribution in [-0.2, 0) is 0 Å². The maximum absolute atomic E-state index is 6.06. The molecule has 1 heterocycles. The molecular weight excluding hydrogens is 311 g/mol. The van der Waals surface area contributed by atoms with E-state index in [0.29, 0.717) is 10.0 Å². The molecule has 0 saturated heterocycles. The van der Waals surface area contributed by atoms with Crippen LogP contribution in [0.4, 0.5) is 5.69 Å². The van der Waals surface area contributed by atoms with Crippen LogP contribution in [0.3, 0.4) is 0 Å². The molecular formula is C15H12Cl2N2S. The largest absolute Gasteiger partial charge is 0.378 e. The van der Waals surface area contributed by atoms with Gasteiger partial charge >= 0.3 is 0 Å². The van der Waals surface area contributed by atoms with Crippen molar-refractivity contribution in [3.63, 3.8) is 0 Å². The van der Waals surface area contributed by atoms with Gasteiger partial charge in [-0.1, -0.05) is 29.3 Å². The summed E-state index contributed by atoms with van der Waals surface area (Å²) in [6.07, 6.45) is 0. The van der Waals surface area contributed by atoms with E-state index in [1.165, 1.54) is 4.70 Å². The molecule has 0 saturated carbocycles. The minimum atomic E-state index is 0.148. The summed E-state index contributed by atoms with van der Waals surface area (Å²) >= 11 is 13.6. The second kappa shape index (κ2) is 5.60. The average Bonchev–Trinajstić information content (AvgIpc) is 2.89. The molecule has 1 unspecified atom stereocenters. The first-order chi connectivity index (χ1) is 9.63. The van der Waals surface area contributed by atoms with Gasteiger partial charge in [0.05, 0.1) is 25.8 Å². The zero-order valence-electron chi connectivity index (χ0n) is 10.7. The van der Waals surface area contributed by atoms with E-state index >= 15 is 0 Å². The first kappa shape index (κ1) is 13.7. The molecule has 0 fully saturated rings. The van der Waals surface area contributed by atoms with Gasteiger partial charge in [-0.25, -0.2) is 4.98 Å². The van der Waals surface area contributed by atoms with Crippen molar-refractivity contribution in [3.05, 3.63) is 57.5 Å². The van der Waals surface area contributed by atoms with Gasteiger partial charge in [0, 0.05) is 11.7 Å². The molecule has 1 atom stereocenters. The van der Waals surface area contributed by atoms with E-state index in [9.17, 15) is 0 Å². The van der Waals surface area contributed by atoms with Gasteiger partial charge in [0.2, 0.25) is 0 Å². The number of nitrogens with one attached hydrogen (secondary N) is 1. The number of benzene rings is 2. The summed E-state index contributed by atoms with van der Waals surface area (Å²) in [6, 6.07) is 12.0. The summed E-state index contributed by atoms with van der Waals surface area (Å²) in [6.45, 7) is 2.09. The second-order valence-corrected chi connectivity index (χ2v) is 6.28. The fourth-order valence-electron chi connectivity index (χ4n) is 2.06. The van der Waals surface area contributed by atoms with Crippen molar-refractivity contribution in [1.29, 1.82) is 0 Å². The summed E-state index contributed by atoms with van der Waals surface area (Å²) in [5.74, 6) is 0. The van der Waals surface area contributed by atoms with Crippen molar-refractivity contribution in [3.8, 4) is 0 Å². The van der Waals surface area contributed by atoms with E-state index in [1.54, 1.807) is 11.3 Å². The van der Waals surface area contributed by atoms with Gasteiger partial charge in [-0.2, -0.15) is 0 Å². The van der Waals surface area contributed by atoms with Crippen LogP contribution in [0.15, 0.2) is 41.9 Å². The Morgan fingerprint density at radius 1 is 1.10 bits per heavy atom. The molecule has 3 rings (SSSR count). The van der Waals surface area contributed by atoms with Gasteiger partial charge in [0.1, 0.15) is 0 Å². The Kier molecular flexibility index (Phi) is 3.83. The van der Waals surface area contributed by atoms with Gasteiger partial charge < -0.3 is 5.32 Å². The van der Waals surface area contributed by atoms with Gasteiger partial charge in [-0.05, 0) is 42.8 Å². The number of anilines is 1. The highest BCUT2D eigenvalue weighted by atomic mass is 35.5. The zero-order chi connectivity index (χ0) is 14.1. The number of rotatable bonds is 3. The SMILES string of the molecule is CC(Nc1ccc2ncsc2c1)c1ccc(Cl)c(Cl)c1. The molecule has 0 amide bonds. The molecule has 0 aliphatic heterocycles. The van der Waals surface area contributed by atoms with Crippen LogP contribution in [0.1, 0.15) is 18.5 Å². The third kappa shape index (κ3) is 2.75. The number of fused-ring (bicyclic) bond motifs is 1.